The van der Waals surface area contributed by atoms with E-state index >= 15 is 0 Å². The molecule has 96 valence electrons. The van der Waals surface area contributed by atoms with Crippen LogP contribution in [0.5, 0.6) is 0 Å². The van der Waals surface area contributed by atoms with Crippen LogP contribution in [0.3, 0.4) is 0 Å². The van der Waals surface area contributed by atoms with Crippen molar-refractivity contribution < 1.29 is 27.2 Å². The highest BCUT2D eigenvalue weighted by molar-refractivity contribution is 7.56. The third-order valence-electron chi connectivity index (χ3n) is 1.70. The summed E-state index contributed by atoms with van der Waals surface area (Å²) in [7, 11) is -4.69. The van der Waals surface area contributed by atoms with E-state index in [-0.39, 0.29) is 13.2 Å². The van der Waals surface area contributed by atoms with Crippen LogP contribution < -0.4 is 0 Å². The van der Waals surface area contributed by atoms with Crippen LogP contribution in [0.2, 0.25) is 0 Å². The predicted octanol–water partition coefficient (Wildman–Crippen LogP) is 3.21. The van der Waals surface area contributed by atoms with E-state index in [1.807, 2.05) is 0 Å². The lowest BCUT2D eigenvalue weighted by molar-refractivity contribution is -0.133. The number of halogens is 2. The quantitative estimate of drug-likeness (QED) is 0.627. The molecule has 0 bridgehead atoms. The van der Waals surface area contributed by atoms with E-state index in [1.165, 1.54) is 0 Å². The monoisotopic (exact) mass is 258 g/mol. The summed E-state index contributed by atoms with van der Waals surface area (Å²) in [5.41, 5.74) is -4.07. The van der Waals surface area contributed by atoms with Gasteiger partial charge in [0.15, 0.2) is 0 Å². The maximum Gasteiger partial charge on any atom is 0.407 e. The summed E-state index contributed by atoms with van der Waals surface area (Å²) < 4.78 is 47.7. The van der Waals surface area contributed by atoms with Crippen molar-refractivity contribution in [3.63, 3.8) is 0 Å². The van der Waals surface area contributed by atoms with Crippen molar-refractivity contribution in [3.05, 3.63) is 0 Å². The minimum absolute atomic E-state index is 0.135. The average Bonchev–Trinajstić information content (AvgIpc) is 2.23. The molecule has 0 fully saturated rings. The van der Waals surface area contributed by atoms with E-state index in [2.05, 4.69) is 9.05 Å². The third kappa shape index (κ3) is 3.61. The Hall–Kier alpha value is -0.320. The zero-order valence-corrected chi connectivity index (χ0v) is 10.6. The number of carbonyl (C=O) groups excluding carboxylic acids is 1. The molecular weight excluding hydrogens is 241 g/mol. The van der Waals surface area contributed by atoms with Crippen molar-refractivity contribution in [1.82, 2.24) is 0 Å². The summed E-state index contributed by atoms with van der Waals surface area (Å²) in [6.07, 6.45) is 0.820. The second-order valence-corrected chi connectivity index (χ2v) is 5.33. The molecule has 0 aliphatic heterocycles. The van der Waals surface area contributed by atoms with Gasteiger partial charge in [0.25, 0.3) is 0 Å². The Morgan fingerprint density at radius 1 is 1.19 bits per heavy atom. The van der Waals surface area contributed by atoms with Crippen molar-refractivity contribution in [2.24, 2.45) is 0 Å². The van der Waals surface area contributed by atoms with E-state index in [9.17, 15) is 18.1 Å². The first-order chi connectivity index (χ1) is 7.31. The predicted molar refractivity (Wildman–Crippen MR) is 55.7 cm³/mol. The second-order valence-electron chi connectivity index (χ2n) is 3.26. The van der Waals surface area contributed by atoms with Crippen LogP contribution in [-0.2, 0) is 18.4 Å². The molecule has 0 N–H and O–H groups in total. The SMILES string of the molecule is CCCOP(=O)(OCCC)C(F)(F)C(C)=O. The van der Waals surface area contributed by atoms with Gasteiger partial charge in [-0.25, -0.2) is 0 Å². The lowest BCUT2D eigenvalue weighted by Crippen LogP contribution is -2.28. The molecule has 0 aliphatic carbocycles. The van der Waals surface area contributed by atoms with E-state index < -0.39 is 19.0 Å². The van der Waals surface area contributed by atoms with Crippen LogP contribution in [0.1, 0.15) is 33.6 Å². The summed E-state index contributed by atoms with van der Waals surface area (Å²) in [6.45, 7) is 3.75. The van der Waals surface area contributed by atoms with Gasteiger partial charge in [0.2, 0.25) is 5.78 Å². The Balaban J connectivity index is 4.90. The molecule has 0 saturated heterocycles. The van der Waals surface area contributed by atoms with Gasteiger partial charge in [0.05, 0.1) is 13.2 Å². The fraction of sp³-hybridized carbons (Fsp3) is 0.889. The first kappa shape index (κ1) is 15.7. The Kier molecular flexibility index (Phi) is 6.30. The molecule has 0 saturated carbocycles. The van der Waals surface area contributed by atoms with Crippen LogP contribution in [0.4, 0.5) is 8.78 Å². The highest BCUT2D eigenvalue weighted by Crippen LogP contribution is 2.62. The normalized spacial score (nSPS) is 12.8. The fourth-order valence-electron chi connectivity index (χ4n) is 0.815. The largest absolute Gasteiger partial charge is 0.407 e. The molecular formula is C9H17F2O4P. The van der Waals surface area contributed by atoms with E-state index in [0.717, 1.165) is 0 Å². The Morgan fingerprint density at radius 3 is 1.81 bits per heavy atom. The van der Waals surface area contributed by atoms with Gasteiger partial charge in [-0.2, -0.15) is 8.78 Å². The van der Waals surface area contributed by atoms with Gasteiger partial charge in [0.1, 0.15) is 0 Å². The number of alkyl halides is 2. The number of carbonyl (C=O) groups is 1. The molecule has 0 radical (unpaired) electrons. The highest BCUT2D eigenvalue weighted by atomic mass is 31.2. The van der Waals surface area contributed by atoms with E-state index in [1.54, 1.807) is 13.8 Å². The number of hydrogen-bond donors (Lipinski definition) is 0. The first-order valence-electron chi connectivity index (χ1n) is 5.09. The average molecular weight is 258 g/mol. The van der Waals surface area contributed by atoms with Crippen LogP contribution in [0.25, 0.3) is 0 Å². The Bertz CT molecular complexity index is 269. The molecule has 0 atom stereocenters. The van der Waals surface area contributed by atoms with Crippen LogP contribution in [-0.4, -0.2) is 24.7 Å². The van der Waals surface area contributed by atoms with Crippen LogP contribution >= 0.6 is 7.60 Å². The van der Waals surface area contributed by atoms with Crippen LogP contribution in [0.15, 0.2) is 0 Å². The Morgan fingerprint density at radius 2 is 1.56 bits per heavy atom. The maximum atomic E-state index is 13.4. The zero-order valence-electron chi connectivity index (χ0n) is 9.66. The highest BCUT2D eigenvalue weighted by Gasteiger charge is 2.57. The summed E-state index contributed by atoms with van der Waals surface area (Å²) in [6, 6.07) is 0. The van der Waals surface area contributed by atoms with Gasteiger partial charge in [-0.1, -0.05) is 13.8 Å². The second kappa shape index (κ2) is 6.42. The van der Waals surface area contributed by atoms with Gasteiger partial charge < -0.3 is 9.05 Å². The molecule has 7 heteroatoms. The number of rotatable bonds is 8. The number of ketones is 1. The van der Waals surface area contributed by atoms with E-state index in [4.69, 9.17) is 0 Å². The molecule has 0 aromatic heterocycles. The number of hydrogen-bond acceptors (Lipinski definition) is 4. The molecule has 0 aromatic carbocycles. The van der Waals surface area contributed by atoms with Gasteiger partial charge in [-0.3, -0.25) is 9.36 Å². The van der Waals surface area contributed by atoms with Crippen molar-refractivity contribution in [2.45, 2.75) is 39.3 Å². The number of Topliss-reactive ketones (excluding diaryl/α,β-unsaturated/α-hetero) is 1. The molecule has 16 heavy (non-hydrogen) atoms. The maximum absolute atomic E-state index is 13.4. The van der Waals surface area contributed by atoms with Gasteiger partial charge in [-0.05, 0) is 12.8 Å². The van der Waals surface area contributed by atoms with Crippen molar-refractivity contribution in [3.8, 4) is 0 Å². The molecule has 0 amide bonds. The molecule has 0 rings (SSSR count). The molecule has 4 nitrogen and oxygen atoms in total. The molecule has 0 aliphatic rings. The summed E-state index contributed by atoms with van der Waals surface area (Å²) >= 11 is 0. The molecule has 0 spiro atoms. The third-order valence-corrected chi connectivity index (χ3v) is 3.75. The van der Waals surface area contributed by atoms with E-state index in [0.29, 0.717) is 19.8 Å². The topological polar surface area (TPSA) is 52.6 Å². The summed E-state index contributed by atoms with van der Waals surface area (Å²) in [4.78, 5) is 10.8. The van der Waals surface area contributed by atoms with Gasteiger partial charge in [-0.15, -0.1) is 0 Å². The smallest absolute Gasteiger partial charge is 0.304 e. The van der Waals surface area contributed by atoms with Gasteiger partial charge in [0, 0.05) is 6.92 Å². The van der Waals surface area contributed by atoms with Crippen molar-refractivity contribution >= 4 is 13.4 Å². The standard InChI is InChI=1S/C9H17F2O4P/c1-4-6-14-16(13,15-7-5-2)9(10,11)8(3)12/h4-7H2,1-3H3. The summed E-state index contributed by atoms with van der Waals surface area (Å²) in [5, 5.41) is 0. The zero-order chi connectivity index (χ0) is 12.8. The fourth-order valence-corrected chi connectivity index (χ4v) is 2.45. The molecule has 0 heterocycles. The Labute approximate surface area is 93.8 Å². The minimum atomic E-state index is -4.69. The first-order valence-corrected chi connectivity index (χ1v) is 6.64. The lowest BCUT2D eigenvalue weighted by Gasteiger charge is -2.24. The lowest BCUT2D eigenvalue weighted by atomic mass is 10.5. The van der Waals surface area contributed by atoms with Crippen molar-refractivity contribution in [2.75, 3.05) is 13.2 Å². The minimum Gasteiger partial charge on any atom is -0.304 e. The molecule has 0 aromatic rings. The van der Waals surface area contributed by atoms with Crippen LogP contribution in [0, 0.1) is 0 Å². The van der Waals surface area contributed by atoms with Gasteiger partial charge >= 0.3 is 13.3 Å². The van der Waals surface area contributed by atoms with Crippen molar-refractivity contribution in [1.29, 1.82) is 0 Å². The summed E-state index contributed by atoms with van der Waals surface area (Å²) in [5.74, 6) is -1.51. The molecule has 0 unspecified atom stereocenters.